The van der Waals surface area contributed by atoms with Gasteiger partial charge in [-0.05, 0) is 50.3 Å². The summed E-state index contributed by atoms with van der Waals surface area (Å²) in [5.41, 5.74) is -0.464. The van der Waals surface area contributed by atoms with E-state index in [1.54, 1.807) is 52.0 Å². The number of ketones is 1. The molecule has 1 aliphatic rings. The molecule has 17 heteroatoms. The van der Waals surface area contributed by atoms with Crippen LogP contribution in [0.2, 0.25) is 0 Å². The third-order valence-corrected chi connectivity index (χ3v) is 8.72. The van der Waals surface area contributed by atoms with E-state index in [1.165, 1.54) is 0 Å². The van der Waals surface area contributed by atoms with Gasteiger partial charge in [-0.25, -0.2) is 4.79 Å². The predicted octanol–water partition coefficient (Wildman–Crippen LogP) is 1.84. The summed E-state index contributed by atoms with van der Waals surface area (Å²) in [6.45, 7) is 11.7. The fourth-order valence-electron chi connectivity index (χ4n) is 5.11. The quantitative estimate of drug-likeness (QED) is 0.0671. The van der Waals surface area contributed by atoms with Gasteiger partial charge in [0.25, 0.3) is 0 Å². The molecule has 5 N–H and O–H groups in total. The molecular weight excluding hydrogens is 718 g/mol. The number of aliphatic hydroxyl groups excluding tert-OH is 1. The van der Waals surface area contributed by atoms with E-state index in [0.717, 1.165) is 4.90 Å². The molecule has 1 aromatic rings. The second-order valence-corrected chi connectivity index (χ2v) is 14.8. The number of ether oxygens (including phenoxy) is 4. The average molecular weight is 778 g/mol. The van der Waals surface area contributed by atoms with Crippen LogP contribution in [0, 0.1) is 11.3 Å². The monoisotopic (exact) mass is 777 g/mol. The molecule has 0 aromatic heterocycles. The van der Waals surface area contributed by atoms with Gasteiger partial charge >= 0.3 is 6.09 Å². The molecule has 0 saturated carbocycles. The molecule has 1 heterocycles. The summed E-state index contributed by atoms with van der Waals surface area (Å²) < 4.78 is 21.5. The number of benzene rings is 1. The Balaban J connectivity index is 1.71. The van der Waals surface area contributed by atoms with Crippen LogP contribution in [0.5, 0.6) is 0 Å². The highest BCUT2D eigenvalue weighted by atomic mass is 16.6. The van der Waals surface area contributed by atoms with E-state index >= 15 is 0 Å². The smallest absolute Gasteiger partial charge is 0.407 e. The van der Waals surface area contributed by atoms with E-state index in [1.807, 2.05) is 13.8 Å². The zero-order chi connectivity index (χ0) is 41.0. The van der Waals surface area contributed by atoms with Gasteiger partial charge in [-0.2, -0.15) is 0 Å². The minimum atomic E-state index is -0.916. The summed E-state index contributed by atoms with van der Waals surface area (Å²) in [4.78, 5) is 87.9. The van der Waals surface area contributed by atoms with E-state index in [0.29, 0.717) is 37.3 Å². The van der Waals surface area contributed by atoms with Crippen molar-refractivity contribution in [3.8, 4) is 0 Å². The van der Waals surface area contributed by atoms with Crippen molar-refractivity contribution >= 4 is 47.1 Å². The van der Waals surface area contributed by atoms with E-state index < -0.39 is 35.0 Å². The van der Waals surface area contributed by atoms with Crippen LogP contribution in [0.15, 0.2) is 24.3 Å². The Morgan fingerprint density at radius 2 is 1.49 bits per heavy atom. The number of amides is 6. The molecule has 0 aliphatic carbocycles. The maximum absolute atomic E-state index is 13.3. The molecule has 2 rings (SSSR count). The maximum atomic E-state index is 13.3. The Morgan fingerprint density at radius 1 is 0.855 bits per heavy atom. The lowest BCUT2D eigenvalue weighted by Gasteiger charge is -2.31. The molecule has 1 fully saturated rings. The number of nitrogens with zero attached hydrogens (tertiary/aromatic N) is 1. The van der Waals surface area contributed by atoms with Crippen molar-refractivity contribution in [1.82, 2.24) is 20.9 Å². The number of carbonyl (C=O) groups is 7. The van der Waals surface area contributed by atoms with Crippen LogP contribution >= 0.6 is 0 Å². The molecule has 308 valence electrons. The summed E-state index contributed by atoms with van der Waals surface area (Å²) in [5.74, 6) is -2.53. The Hall–Kier alpha value is -4.45. The second kappa shape index (κ2) is 23.5. The fourth-order valence-corrected chi connectivity index (χ4v) is 5.11. The molecular formula is C38H59N5O12. The Morgan fingerprint density at radius 3 is 2.11 bits per heavy atom. The Bertz CT molecular complexity index is 1430. The summed E-state index contributed by atoms with van der Waals surface area (Å²) in [6.07, 6.45) is 0.465. The van der Waals surface area contributed by atoms with Crippen molar-refractivity contribution in [2.24, 2.45) is 11.3 Å². The third-order valence-electron chi connectivity index (χ3n) is 8.72. The fraction of sp³-hybridized carbons (Fsp3) is 0.658. The highest BCUT2D eigenvalue weighted by Gasteiger charge is 2.34. The number of nitrogens with one attached hydrogen (secondary N) is 4. The third kappa shape index (κ3) is 18.2. The van der Waals surface area contributed by atoms with E-state index in [9.17, 15) is 33.6 Å². The minimum Gasteiger partial charge on any atom is -0.445 e. The number of imide groups is 1. The zero-order valence-electron chi connectivity index (χ0n) is 33.0. The van der Waals surface area contributed by atoms with Crippen molar-refractivity contribution < 1.29 is 57.6 Å². The molecule has 0 bridgehead atoms. The number of carbonyl (C=O) groups excluding carboxylic acids is 7. The molecule has 0 radical (unpaired) electrons. The van der Waals surface area contributed by atoms with Gasteiger partial charge in [0.15, 0.2) is 5.78 Å². The summed E-state index contributed by atoms with van der Waals surface area (Å²) >= 11 is 0. The van der Waals surface area contributed by atoms with Crippen LogP contribution < -0.4 is 21.3 Å². The molecule has 1 unspecified atom stereocenters. The molecule has 1 aromatic carbocycles. The van der Waals surface area contributed by atoms with E-state index in [2.05, 4.69) is 21.3 Å². The molecule has 6 amide bonds. The highest BCUT2D eigenvalue weighted by molar-refractivity contribution is 6.04. The van der Waals surface area contributed by atoms with E-state index in [-0.39, 0.29) is 101 Å². The minimum absolute atomic E-state index is 0.00693. The molecule has 17 nitrogen and oxygen atoms in total. The van der Waals surface area contributed by atoms with E-state index in [4.69, 9.17) is 24.1 Å². The predicted molar refractivity (Wildman–Crippen MR) is 200 cm³/mol. The van der Waals surface area contributed by atoms with Crippen LogP contribution in [0.1, 0.15) is 79.2 Å². The summed E-state index contributed by atoms with van der Waals surface area (Å²) in [6, 6.07) is 5.73. The molecule has 55 heavy (non-hydrogen) atoms. The average Bonchev–Trinajstić information content (AvgIpc) is 3.44. The first kappa shape index (κ1) is 46.7. The first-order valence-corrected chi connectivity index (χ1v) is 18.6. The van der Waals surface area contributed by atoms with Crippen molar-refractivity contribution in [3.05, 3.63) is 29.8 Å². The van der Waals surface area contributed by atoms with Crippen LogP contribution in [-0.4, -0.2) is 122 Å². The van der Waals surface area contributed by atoms with Crippen molar-refractivity contribution in [2.75, 3.05) is 64.6 Å². The lowest BCUT2D eigenvalue weighted by Crippen LogP contribution is -2.53. The normalized spacial score (nSPS) is 13.8. The standard InChI is InChI=1S/C38H59N5O12/c1-26(2)33(42-35(50)37(3,4)15-18-55-38(5,6)14-13-29(45)24-43-31(47)11-12-32(43)48)34(49)40-23-30(46)41-28-9-7-27(8-10-28)25-54-36(51)39-16-19-52-21-22-53-20-17-44/h7-10,26,33,44H,11-25H2,1-6H3,(H,39,51)(H,40,49)(H,41,46)(H,42,50). The maximum Gasteiger partial charge on any atom is 0.407 e. The summed E-state index contributed by atoms with van der Waals surface area (Å²) in [7, 11) is 0. The first-order valence-electron chi connectivity index (χ1n) is 18.6. The van der Waals surface area contributed by atoms with Gasteiger partial charge in [0.05, 0.1) is 51.7 Å². The topological polar surface area (TPSA) is 228 Å². The number of hydrogen-bond acceptors (Lipinski definition) is 12. The second-order valence-electron chi connectivity index (χ2n) is 14.8. The van der Waals surface area contributed by atoms with Gasteiger partial charge in [-0.1, -0.05) is 39.8 Å². The summed E-state index contributed by atoms with van der Waals surface area (Å²) in [5, 5.41) is 19.3. The van der Waals surface area contributed by atoms with Crippen LogP contribution in [0.4, 0.5) is 10.5 Å². The van der Waals surface area contributed by atoms with Crippen LogP contribution in [-0.2, 0) is 54.3 Å². The number of anilines is 1. The highest BCUT2D eigenvalue weighted by Crippen LogP contribution is 2.25. The van der Waals surface area contributed by atoms with Gasteiger partial charge < -0.3 is 45.3 Å². The number of Topliss-reactive ketones (excluding diaryl/α,β-unsaturated/α-hetero) is 1. The number of hydrogen-bond donors (Lipinski definition) is 5. The SMILES string of the molecule is CC(C)C(NC(=O)C(C)(C)CCOC(C)(C)CCC(=O)CN1C(=O)CCC1=O)C(=O)NCC(=O)Nc1ccc(COC(=O)NCCOCCOCCO)cc1. The Kier molecular flexibility index (Phi) is 19.9. The number of aliphatic hydroxyl groups is 1. The number of rotatable bonds is 26. The van der Waals surface area contributed by atoms with Gasteiger partial charge in [0, 0.05) is 43.5 Å². The van der Waals surface area contributed by atoms with Crippen LogP contribution in [0.25, 0.3) is 0 Å². The van der Waals surface area contributed by atoms with Crippen molar-refractivity contribution in [3.63, 3.8) is 0 Å². The van der Waals surface area contributed by atoms with Crippen molar-refractivity contribution in [2.45, 2.75) is 91.9 Å². The molecule has 0 spiro atoms. The first-order chi connectivity index (χ1) is 25.9. The van der Waals surface area contributed by atoms with Crippen LogP contribution in [0.3, 0.4) is 0 Å². The molecule has 1 aliphatic heterocycles. The van der Waals surface area contributed by atoms with Gasteiger partial charge in [0.2, 0.25) is 29.5 Å². The van der Waals surface area contributed by atoms with Gasteiger partial charge in [-0.3, -0.25) is 33.7 Å². The number of alkyl carbamates (subject to hydrolysis) is 1. The number of likely N-dealkylation sites (tertiary alicyclic amines) is 1. The van der Waals surface area contributed by atoms with Gasteiger partial charge in [-0.15, -0.1) is 0 Å². The lowest BCUT2D eigenvalue weighted by atomic mass is 9.87. The largest absolute Gasteiger partial charge is 0.445 e. The van der Waals surface area contributed by atoms with Gasteiger partial charge in [0.1, 0.15) is 12.6 Å². The Labute approximate surface area is 322 Å². The molecule has 1 saturated heterocycles. The lowest BCUT2D eigenvalue weighted by molar-refractivity contribution is -0.142. The zero-order valence-corrected chi connectivity index (χ0v) is 33.0. The van der Waals surface area contributed by atoms with Crippen molar-refractivity contribution in [1.29, 1.82) is 0 Å². The molecule has 1 atom stereocenters.